The topological polar surface area (TPSA) is 58.6 Å². The van der Waals surface area contributed by atoms with Crippen LogP contribution >= 0.6 is 0 Å². The van der Waals surface area contributed by atoms with Crippen LogP contribution in [0.5, 0.6) is 5.75 Å². The molecule has 0 aromatic heterocycles. The number of hydrogen-bond acceptors (Lipinski definition) is 3. The predicted molar refractivity (Wildman–Crippen MR) is 93.5 cm³/mol. The molecule has 0 saturated carbocycles. The minimum absolute atomic E-state index is 0.0268. The lowest BCUT2D eigenvalue weighted by atomic mass is 10.1. The summed E-state index contributed by atoms with van der Waals surface area (Å²) in [6.07, 6.45) is 0. The highest BCUT2D eigenvalue weighted by molar-refractivity contribution is 6.05. The molecule has 0 bridgehead atoms. The molecule has 25 heavy (non-hydrogen) atoms. The fourth-order valence-electron chi connectivity index (χ4n) is 2.68. The zero-order chi connectivity index (χ0) is 18.0. The number of rotatable bonds is 4. The Morgan fingerprint density at radius 1 is 1.28 bits per heavy atom. The van der Waals surface area contributed by atoms with Gasteiger partial charge in [-0.25, -0.2) is 4.39 Å². The number of hydrogen-bond donors (Lipinski definition) is 1. The van der Waals surface area contributed by atoms with E-state index < -0.39 is 11.7 Å². The lowest BCUT2D eigenvalue weighted by molar-refractivity contribution is -0.121. The molecule has 1 heterocycles. The third-order valence-electron chi connectivity index (χ3n) is 3.80. The third-order valence-corrected chi connectivity index (χ3v) is 3.80. The van der Waals surface area contributed by atoms with Crippen LogP contribution in [0.1, 0.15) is 24.2 Å². The normalized spacial score (nSPS) is 13.4. The molecule has 0 atom stereocenters. The van der Waals surface area contributed by atoms with Gasteiger partial charge in [-0.15, -0.1) is 0 Å². The first-order valence-corrected chi connectivity index (χ1v) is 8.08. The maximum absolute atomic E-state index is 13.2. The summed E-state index contributed by atoms with van der Waals surface area (Å²) in [4.78, 5) is 26.0. The summed E-state index contributed by atoms with van der Waals surface area (Å²) < 4.78 is 18.7. The van der Waals surface area contributed by atoms with Crippen molar-refractivity contribution in [2.24, 2.45) is 5.92 Å². The quantitative estimate of drug-likeness (QED) is 0.926. The van der Waals surface area contributed by atoms with Crippen LogP contribution in [-0.4, -0.2) is 25.0 Å². The first-order valence-electron chi connectivity index (χ1n) is 8.08. The van der Waals surface area contributed by atoms with E-state index in [0.29, 0.717) is 29.6 Å². The van der Waals surface area contributed by atoms with Crippen molar-refractivity contribution in [2.45, 2.75) is 13.8 Å². The number of nitrogens with one attached hydrogen (secondary N) is 1. The molecular weight excluding hydrogens is 323 g/mol. The van der Waals surface area contributed by atoms with Crippen LogP contribution in [-0.2, 0) is 4.79 Å². The van der Waals surface area contributed by atoms with Crippen molar-refractivity contribution in [3.05, 3.63) is 53.8 Å². The number of amides is 2. The van der Waals surface area contributed by atoms with E-state index in [1.165, 1.54) is 24.3 Å². The van der Waals surface area contributed by atoms with Gasteiger partial charge in [0.25, 0.3) is 11.8 Å². The maximum atomic E-state index is 13.2. The molecule has 0 saturated heterocycles. The van der Waals surface area contributed by atoms with Gasteiger partial charge >= 0.3 is 0 Å². The van der Waals surface area contributed by atoms with Crippen LogP contribution in [0.2, 0.25) is 0 Å². The molecule has 1 aliphatic rings. The van der Waals surface area contributed by atoms with Gasteiger partial charge in [0.15, 0.2) is 6.61 Å². The average Bonchev–Trinajstić information content (AvgIpc) is 2.57. The second-order valence-electron chi connectivity index (χ2n) is 6.33. The van der Waals surface area contributed by atoms with Crippen molar-refractivity contribution >= 4 is 23.2 Å². The van der Waals surface area contributed by atoms with E-state index >= 15 is 0 Å². The lowest BCUT2D eigenvalue weighted by Crippen LogP contribution is -2.40. The van der Waals surface area contributed by atoms with E-state index in [-0.39, 0.29) is 18.1 Å². The Hall–Kier alpha value is -2.89. The highest BCUT2D eigenvalue weighted by Gasteiger charge is 2.26. The molecule has 1 aliphatic heterocycles. The molecule has 2 amide bonds. The van der Waals surface area contributed by atoms with E-state index in [4.69, 9.17) is 4.74 Å². The molecule has 5 nitrogen and oxygen atoms in total. The summed E-state index contributed by atoms with van der Waals surface area (Å²) in [5, 5.41) is 2.71. The van der Waals surface area contributed by atoms with Gasteiger partial charge in [-0.05, 0) is 36.2 Å². The minimum Gasteiger partial charge on any atom is -0.481 e. The van der Waals surface area contributed by atoms with Crippen molar-refractivity contribution in [2.75, 3.05) is 23.4 Å². The Balaban J connectivity index is 1.81. The number of halogens is 1. The second kappa shape index (κ2) is 6.93. The smallest absolute Gasteiger partial charge is 0.265 e. The largest absolute Gasteiger partial charge is 0.481 e. The Labute approximate surface area is 145 Å². The summed E-state index contributed by atoms with van der Waals surface area (Å²) in [5.74, 6) is -0.105. The van der Waals surface area contributed by atoms with Crippen molar-refractivity contribution in [1.82, 2.24) is 0 Å². The van der Waals surface area contributed by atoms with Gasteiger partial charge in [-0.2, -0.15) is 0 Å². The first kappa shape index (κ1) is 17.0. The molecule has 3 rings (SSSR count). The number of anilines is 2. The molecule has 2 aromatic rings. The van der Waals surface area contributed by atoms with Gasteiger partial charge in [-0.3, -0.25) is 9.59 Å². The van der Waals surface area contributed by atoms with Crippen LogP contribution in [0, 0.1) is 11.7 Å². The molecule has 0 aliphatic carbocycles. The summed E-state index contributed by atoms with van der Waals surface area (Å²) in [5.41, 5.74) is 1.44. The Bertz CT molecular complexity index is 820. The van der Waals surface area contributed by atoms with E-state index in [0.717, 1.165) is 0 Å². The van der Waals surface area contributed by atoms with Gasteiger partial charge < -0.3 is 15.0 Å². The standard InChI is InChI=1S/C19H19FN2O3/c1-12(2)10-22-16-7-6-15(9-17(16)25-11-18(22)23)21-19(24)13-4-3-5-14(20)8-13/h3-9,12H,10-11H2,1-2H3,(H,21,24). The van der Waals surface area contributed by atoms with Crippen molar-refractivity contribution in [1.29, 1.82) is 0 Å². The third kappa shape index (κ3) is 3.79. The number of nitrogens with zero attached hydrogens (tertiary/aromatic N) is 1. The van der Waals surface area contributed by atoms with E-state index in [9.17, 15) is 14.0 Å². The highest BCUT2D eigenvalue weighted by Crippen LogP contribution is 2.35. The van der Waals surface area contributed by atoms with Gasteiger partial charge in [0.2, 0.25) is 0 Å². The number of carbonyl (C=O) groups is 2. The van der Waals surface area contributed by atoms with Crippen molar-refractivity contribution in [3.8, 4) is 5.75 Å². The van der Waals surface area contributed by atoms with Gasteiger partial charge in [0.05, 0.1) is 5.69 Å². The molecule has 130 valence electrons. The maximum Gasteiger partial charge on any atom is 0.265 e. The Kier molecular flexibility index (Phi) is 4.70. The van der Waals surface area contributed by atoms with Crippen molar-refractivity contribution in [3.63, 3.8) is 0 Å². The van der Waals surface area contributed by atoms with Crippen molar-refractivity contribution < 1.29 is 18.7 Å². The number of benzene rings is 2. The SMILES string of the molecule is CC(C)CN1C(=O)COc2cc(NC(=O)c3cccc(F)c3)ccc21. The van der Waals surface area contributed by atoms with E-state index in [1.54, 1.807) is 23.1 Å². The summed E-state index contributed by atoms with van der Waals surface area (Å²) in [6, 6.07) is 10.6. The van der Waals surface area contributed by atoms with Crippen LogP contribution in [0.15, 0.2) is 42.5 Å². The van der Waals surface area contributed by atoms with Crippen LogP contribution in [0.4, 0.5) is 15.8 Å². The molecular formula is C19H19FN2O3. The van der Waals surface area contributed by atoms with Crippen LogP contribution in [0.3, 0.4) is 0 Å². The van der Waals surface area contributed by atoms with E-state index in [1.807, 2.05) is 13.8 Å². The number of carbonyl (C=O) groups excluding carboxylic acids is 2. The molecule has 2 aromatic carbocycles. The molecule has 0 spiro atoms. The average molecular weight is 342 g/mol. The molecule has 0 unspecified atom stereocenters. The molecule has 0 fully saturated rings. The fourth-order valence-corrected chi connectivity index (χ4v) is 2.68. The van der Waals surface area contributed by atoms with Gasteiger partial charge in [0.1, 0.15) is 11.6 Å². The Morgan fingerprint density at radius 3 is 2.80 bits per heavy atom. The lowest BCUT2D eigenvalue weighted by Gasteiger charge is -2.31. The molecule has 0 radical (unpaired) electrons. The monoisotopic (exact) mass is 342 g/mol. The Morgan fingerprint density at radius 2 is 2.08 bits per heavy atom. The van der Waals surface area contributed by atoms with Crippen LogP contribution in [0.25, 0.3) is 0 Å². The summed E-state index contributed by atoms with van der Waals surface area (Å²) in [6.45, 7) is 4.65. The van der Waals surface area contributed by atoms with E-state index in [2.05, 4.69) is 5.32 Å². The minimum atomic E-state index is -0.468. The summed E-state index contributed by atoms with van der Waals surface area (Å²) in [7, 11) is 0. The molecule has 6 heteroatoms. The highest BCUT2D eigenvalue weighted by atomic mass is 19.1. The second-order valence-corrected chi connectivity index (χ2v) is 6.33. The zero-order valence-electron chi connectivity index (χ0n) is 14.1. The number of ether oxygens (including phenoxy) is 1. The molecule has 1 N–H and O–H groups in total. The van der Waals surface area contributed by atoms with Gasteiger partial charge in [-0.1, -0.05) is 19.9 Å². The first-order chi connectivity index (χ1) is 11.9. The van der Waals surface area contributed by atoms with Gasteiger partial charge in [0, 0.05) is 23.9 Å². The number of fused-ring (bicyclic) bond motifs is 1. The van der Waals surface area contributed by atoms with Crippen LogP contribution < -0.4 is 15.0 Å². The fraction of sp³-hybridized carbons (Fsp3) is 0.263. The predicted octanol–water partition coefficient (Wildman–Crippen LogP) is 3.46. The zero-order valence-corrected chi connectivity index (χ0v) is 14.1. The summed E-state index contributed by atoms with van der Waals surface area (Å²) >= 11 is 0.